The average molecular weight is 568 g/mol. The summed E-state index contributed by atoms with van der Waals surface area (Å²) in [6, 6.07) is 22.9. The summed E-state index contributed by atoms with van der Waals surface area (Å²) in [5.41, 5.74) is 4.47. The minimum Gasteiger partial charge on any atom is -0.481 e. The molecule has 0 fully saturated rings. The van der Waals surface area contributed by atoms with Crippen LogP contribution in [0.5, 0.6) is 0 Å². The second kappa shape index (κ2) is 13.0. The number of carboxylic acid groups (broad SMARTS) is 1. The molecule has 214 valence electrons. The Morgan fingerprint density at radius 3 is 2.48 bits per heavy atom. The van der Waals surface area contributed by atoms with Gasteiger partial charge in [-0.15, -0.1) is 5.10 Å². The van der Waals surface area contributed by atoms with Gasteiger partial charge in [-0.3, -0.25) is 14.3 Å². The highest BCUT2D eigenvalue weighted by Crippen LogP contribution is 2.31. The van der Waals surface area contributed by atoms with Crippen LogP contribution in [0, 0.1) is 5.82 Å². The molecular formula is C31H30FN7O3. The van der Waals surface area contributed by atoms with Crippen molar-refractivity contribution < 1.29 is 19.1 Å². The Morgan fingerprint density at radius 1 is 1.02 bits per heavy atom. The number of nitrogens with one attached hydrogen (secondary N) is 2. The zero-order valence-corrected chi connectivity index (χ0v) is 23.0. The number of halogens is 1. The second-order valence-electron chi connectivity index (χ2n) is 9.99. The van der Waals surface area contributed by atoms with Crippen LogP contribution in [0.25, 0.3) is 22.5 Å². The number of H-pyrrole nitrogens is 1. The van der Waals surface area contributed by atoms with Crippen molar-refractivity contribution in [2.24, 2.45) is 0 Å². The number of aromatic amines is 1. The number of hydrogen-bond acceptors (Lipinski definition) is 6. The van der Waals surface area contributed by atoms with Gasteiger partial charge in [0.15, 0.2) is 5.82 Å². The topological polar surface area (TPSA) is 139 Å². The second-order valence-corrected chi connectivity index (χ2v) is 9.99. The molecule has 0 unspecified atom stereocenters. The van der Waals surface area contributed by atoms with Gasteiger partial charge in [0.25, 0.3) is 5.91 Å². The number of carbonyl (C=O) groups excluding carboxylic acids is 1. The maximum absolute atomic E-state index is 15.5. The van der Waals surface area contributed by atoms with Crippen LogP contribution < -0.4 is 5.32 Å². The van der Waals surface area contributed by atoms with E-state index in [-0.39, 0.29) is 18.7 Å². The summed E-state index contributed by atoms with van der Waals surface area (Å²) in [6.45, 7) is 2.14. The molecule has 0 aliphatic carbocycles. The summed E-state index contributed by atoms with van der Waals surface area (Å²) in [7, 11) is 0. The fourth-order valence-corrected chi connectivity index (χ4v) is 4.92. The summed E-state index contributed by atoms with van der Waals surface area (Å²) < 4.78 is 17.1. The molecular weight excluding hydrogens is 537 g/mol. The number of carboxylic acids is 1. The van der Waals surface area contributed by atoms with Gasteiger partial charge in [0.2, 0.25) is 0 Å². The number of aliphatic carboxylic acids is 1. The SMILES string of the molecule is CCCc1cc(C(=O)N[C@@H](CC(=O)O)Cc2ccccc2)nn1Cc1ccc(-c2ccccc2-c2nnn[nH]2)cc1F. The van der Waals surface area contributed by atoms with Crippen molar-refractivity contribution in [3.05, 3.63) is 107 Å². The van der Waals surface area contributed by atoms with E-state index in [0.717, 1.165) is 28.8 Å². The number of tetrazole rings is 1. The predicted molar refractivity (Wildman–Crippen MR) is 154 cm³/mol. The highest BCUT2D eigenvalue weighted by Gasteiger charge is 2.21. The quantitative estimate of drug-likeness (QED) is 0.199. The van der Waals surface area contributed by atoms with Gasteiger partial charge in [-0.1, -0.05) is 80.1 Å². The Kier molecular flexibility index (Phi) is 8.76. The number of aromatic nitrogens is 6. The zero-order valence-electron chi connectivity index (χ0n) is 23.0. The van der Waals surface area contributed by atoms with Gasteiger partial charge < -0.3 is 10.4 Å². The van der Waals surface area contributed by atoms with Gasteiger partial charge in [-0.2, -0.15) is 5.10 Å². The molecule has 42 heavy (non-hydrogen) atoms. The lowest BCUT2D eigenvalue weighted by Gasteiger charge is -2.16. The standard InChI is InChI=1S/C31H30FN7O3/c1-2-8-24-18-28(31(42)33-23(17-29(40)41)15-20-9-4-3-5-10-20)36-39(24)19-22-14-13-21(16-27(22)32)25-11-6-7-12-26(25)30-34-37-38-35-30/h3-7,9-14,16,18,23H,2,8,15,17,19H2,1H3,(H,33,42)(H,40,41)(H,34,35,37,38)/t23-/m1/s1. The Balaban J connectivity index is 1.36. The minimum atomic E-state index is -1.01. The third-order valence-electron chi connectivity index (χ3n) is 6.89. The smallest absolute Gasteiger partial charge is 0.305 e. The molecule has 5 rings (SSSR count). The Labute approximate surface area is 241 Å². The van der Waals surface area contributed by atoms with Crippen LogP contribution in [0.1, 0.15) is 47.1 Å². The van der Waals surface area contributed by atoms with Gasteiger partial charge in [0.1, 0.15) is 11.5 Å². The van der Waals surface area contributed by atoms with E-state index in [1.165, 1.54) is 6.07 Å². The number of benzene rings is 3. The molecule has 0 radical (unpaired) electrons. The zero-order chi connectivity index (χ0) is 29.5. The van der Waals surface area contributed by atoms with Gasteiger partial charge >= 0.3 is 5.97 Å². The normalized spacial score (nSPS) is 11.8. The van der Waals surface area contributed by atoms with E-state index in [9.17, 15) is 14.7 Å². The number of rotatable bonds is 12. The third-order valence-corrected chi connectivity index (χ3v) is 6.89. The highest BCUT2D eigenvalue weighted by molar-refractivity contribution is 5.93. The van der Waals surface area contributed by atoms with E-state index in [0.29, 0.717) is 29.8 Å². The molecule has 0 aliphatic rings. The van der Waals surface area contributed by atoms with Crippen LogP contribution in [-0.4, -0.2) is 53.4 Å². The summed E-state index contributed by atoms with van der Waals surface area (Å²) in [6.07, 6.45) is 1.59. The van der Waals surface area contributed by atoms with Crippen LogP contribution in [0.3, 0.4) is 0 Å². The molecule has 0 saturated carbocycles. The number of amides is 1. The number of aryl methyl sites for hydroxylation is 1. The van der Waals surface area contributed by atoms with Gasteiger partial charge in [-0.25, -0.2) is 9.49 Å². The van der Waals surface area contributed by atoms with Crippen molar-refractivity contribution >= 4 is 11.9 Å². The van der Waals surface area contributed by atoms with E-state index in [1.54, 1.807) is 16.8 Å². The monoisotopic (exact) mass is 567 g/mol. The molecule has 2 heterocycles. The van der Waals surface area contributed by atoms with E-state index in [2.05, 4.69) is 31.0 Å². The lowest BCUT2D eigenvalue weighted by Crippen LogP contribution is -2.38. The number of carbonyl (C=O) groups is 2. The first-order valence-corrected chi connectivity index (χ1v) is 13.7. The van der Waals surface area contributed by atoms with E-state index in [1.807, 2.05) is 67.6 Å². The van der Waals surface area contributed by atoms with Crippen LogP contribution in [0.2, 0.25) is 0 Å². The fraction of sp³-hybridized carbons (Fsp3) is 0.226. The lowest BCUT2D eigenvalue weighted by molar-refractivity contribution is -0.137. The lowest BCUT2D eigenvalue weighted by atomic mass is 9.98. The Hall–Kier alpha value is -5.19. The number of hydrogen-bond donors (Lipinski definition) is 3. The van der Waals surface area contributed by atoms with E-state index in [4.69, 9.17) is 0 Å². The Morgan fingerprint density at radius 2 is 1.79 bits per heavy atom. The summed E-state index contributed by atoms with van der Waals surface area (Å²) in [4.78, 5) is 24.6. The molecule has 10 nitrogen and oxygen atoms in total. The molecule has 1 atom stereocenters. The molecule has 2 aromatic heterocycles. The van der Waals surface area contributed by atoms with Crippen molar-refractivity contribution in [2.45, 2.75) is 45.2 Å². The fourth-order valence-electron chi connectivity index (χ4n) is 4.92. The van der Waals surface area contributed by atoms with Crippen LogP contribution in [0.15, 0.2) is 78.9 Å². The first kappa shape index (κ1) is 28.3. The van der Waals surface area contributed by atoms with Gasteiger partial charge in [0, 0.05) is 22.9 Å². The molecule has 0 bridgehead atoms. The Bertz CT molecular complexity index is 1670. The van der Waals surface area contributed by atoms with Crippen molar-refractivity contribution in [2.75, 3.05) is 0 Å². The van der Waals surface area contributed by atoms with Crippen molar-refractivity contribution in [1.29, 1.82) is 0 Å². The van der Waals surface area contributed by atoms with Crippen LogP contribution in [0.4, 0.5) is 4.39 Å². The summed E-state index contributed by atoms with van der Waals surface area (Å²) >= 11 is 0. The van der Waals surface area contributed by atoms with Crippen molar-refractivity contribution in [3.63, 3.8) is 0 Å². The average Bonchev–Trinajstić information content (AvgIpc) is 3.65. The molecule has 3 N–H and O–H groups in total. The van der Waals surface area contributed by atoms with E-state index >= 15 is 4.39 Å². The summed E-state index contributed by atoms with van der Waals surface area (Å²) in [5, 5.41) is 30.7. The molecule has 3 aromatic carbocycles. The van der Waals surface area contributed by atoms with Crippen LogP contribution >= 0.6 is 0 Å². The highest BCUT2D eigenvalue weighted by atomic mass is 19.1. The molecule has 0 aliphatic heterocycles. The summed E-state index contributed by atoms with van der Waals surface area (Å²) in [5.74, 6) is -1.41. The van der Waals surface area contributed by atoms with Gasteiger partial charge in [-0.05, 0) is 52.1 Å². The first-order chi connectivity index (χ1) is 20.4. The largest absolute Gasteiger partial charge is 0.481 e. The van der Waals surface area contributed by atoms with Gasteiger partial charge in [0.05, 0.1) is 13.0 Å². The molecule has 1 amide bonds. The molecule has 11 heteroatoms. The van der Waals surface area contributed by atoms with Crippen molar-refractivity contribution in [1.82, 2.24) is 35.7 Å². The minimum absolute atomic E-state index is 0.130. The first-order valence-electron chi connectivity index (χ1n) is 13.7. The van der Waals surface area contributed by atoms with Crippen LogP contribution in [-0.2, 0) is 24.2 Å². The third kappa shape index (κ3) is 6.74. The van der Waals surface area contributed by atoms with Crippen molar-refractivity contribution in [3.8, 4) is 22.5 Å². The maximum atomic E-state index is 15.5. The molecule has 5 aromatic rings. The predicted octanol–water partition coefficient (Wildman–Crippen LogP) is 4.69. The molecule has 0 saturated heterocycles. The van der Waals surface area contributed by atoms with E-state index < -0.39 is 23.7 Å². The molecule has 0 spiro atoms. The number of nitrogens with zero attached hydrogens (tertiary/aromatic N) is 5. The maximum Gasteiger partial charge on any atom is 0.305 e.